The number of morpholine rings is 1. The molecule has 1 saturated carbocycles. The van der Waals surface area contributed by atoms with Crippen LogP contribution in [-0.4, -0.2) is 68.9 Å². The molecule has 8 heteroatoms. The molecule has 3 amide bonds. The highest BCUT2D eigenvalue weighted by Gasteiger charge is 2.28. The molecular weight excluding hydrogens is 588 g/mol. The van der Waals surface area contributed by atoms with Crippen molar-refractivity contribution in [1.82, 2.24) is 10.2 Å². The number of ether oxygens (including phenoxy) is 2. The van der Waals surface area contributed by atoms with Crippen LogP contribution in [0.2, 0.25) is 0 Å². The van der Waals surface area contributed by atoms with E-state index in [1.165, 1.54) is 0 Å². The van der Waals surface area contributed by atoms with E-state index in [2.05, 4.69) is 27.7 Å². The number of carbonyl (C=O) groups excluding carboxylic acids is 2. The number of nitrogens with zero attached hydrogens (tertiary/aromatic N) is 2. The molecule has 1 aliphatic carbocycles. The van der Waals surface area contributed by atoms with E-state index in [1.54, 1.807) is 0 Å². The molecule has 8 nitrogen and oxygen atoms in total. The maximum absolute atomic E-state index is 13.8. The van der Waals surface area contributed by atoms with Gasteiger partial charge in [0.25, 0.3) is 5.91 Å². The first kappa shape index (κ1) is 32.3. The van der Waals surface area contributed by atoms with Gasteiger partial charge in [0.2, 0.25) is 0 Å². The molecule has 2 unspecified atom stereocenters. The number of para-hydroxylation sites is 1. The van der Waals surface area contributed by atoms with Gasteiger partial charge in [-0.3, -0.25) is 14.6 Å². The first-order valence-electron chi connectivity index (χ1n) is 16.7. The molecule has 47 heavy (non-hydrogen) atoms. The molecule has 4 aromatic rings. The van der Waals surface area contributed by atoms with E-state index in [0.29, 0.717) is 18.7 Å². The van der Waals surface area contributed by atoms with E-state index < -0.39 is 0 Å². The Hall–Kier alpha value is -4.66. The second-order valence-corrected chi connectivity index (χ2v) is 12.4. The predicted octanol–water partition coefficient (Wildman–Crippen LogP) is 7.09. The molecule has 2 aliphatic rings. The molecule has 0 aromatic heterocycles. The van der Waals surface area contributed by atoms with Crippen molar-refractivity contribution in [2.24, 2.45) is 5.92 Å². The third kappa shape index (κ3) is 9.21. The van der Waals surface area contributed by atoms with Gasteiger partial charge in [0.1, 0.15) is 12.4 Å². The average Bonchev–Trinajstić information content (AvgIpc) is 3.12. The number of anilines is 2. The minimum atomic E-state index is -0.189. The van der Waals surface area contributed by atoms with Crippen LogP contribution in [-0.2, 0) is 4.74 Å². The van der Waals surface area contributed by atoms with Gasteiger partial charge in [0.05, 0.1) is 13.2 Å². The Morgan fingerprint density at radius 1 is 0.830 bits per heavy atom. The number of hydrogen-bond donors (Lipinski definition) is 2. The van der Waals surface area contributed by atoms with Gasteiger partial charge in [-0.15, -0.1) is 0 Å². The highest BCUT2D eigenvalue weighted by atomic mass is 16.5. The Morgan fingerprint density at radius 3 is 2.32 bits per heavy atom. The number of amides is 3. The summed E-state index contributed by atoms with van der Waals surface area (Å²) in [5, 5.41) is 6.35. The topological polar surface area (TPSA) is 83.1 Å². The molecule has 0 bridgehead atoms. The van der Waals surface area contributed by atoms with E-state index in [0.717, 1.165) is 86.8 Å². The van der Waals surface area contributed by atoms with Crippen LogP contribution in [0.25, 0.3) is 11.1 Å². The van der Waals surface area contributed by atoms with E-state index in [1.807, 2.05) is 102 Å². The van der Waals surface area contributed by atoms with Crippen LogP contribution in [0.3, 0.4) is 0 Å². The fourth-order valence-corrected chi connectivity index (χ4v) is 6.44. The lowest BCUT2D eigenvalue weighted by Gasteiger charge is -2.34. The molecule has 1 saturated heterocycles. The van der Waals surface area contributed by atoms with Crippen LogP contribution in [0.5, 0.6) is 5.75 Å². The first-order chi connectivity index (χ1) is 23.1. The first-order valence-corrected chi connectivity index (χ1v) is 16.7. The van der Waals surface area contributed by atoms with Crippen molar-refractivity contribution >= 4 is 23.3 Å². The lowest BCUT2D eigenvalue weighted by Crippen LogP contribution is -2.43. The van der Waals surface area contributed by atoms with Gasteiger partial charge in [-0.05, 0) is 72.7 Å². The summed E-state index contributed by atoms with van der Waals surface area (Å²) < 4.78 is 11.6. The standard InChI is InChI=1S/C39H44N4O4/c44-38(33-19-17-32(18-20-33)31-10-3-1-4-11-31)40-35-14-7-9-30(27-35)29-43(39(45)41-34-12-5-2-6-13-34)36-15-8-16-37(28-36)47-26-23-42-21-24-46-25-22-42/h1-6,8,10-13,15-20,28,30,35H,7,9,14,21-27,29H2,(H,40,44)(H,41,45). The molecule has 0 spiro atoms. The maximum Gasteiger partial charge on any atom is 0.326 e. The van der Waals surface area contributed by atoms with Gasteiger partial charge < -0.3 is 20.1 Å². The van der Waals surface area contributed by atoms with Crippen LogP contribution >= 0.6 is 0 Å². The summed E-state index contributed by atoms with van der Waals surface area (Å²) in [6.07, 6.45) is 3.70. The fourth-order valence-electron chi connectivity index (χ4n) is 6.44. The van der Waals surface area contributed by atoms with E-state index in [-0.39, 0.29) is 23.9 Å². The Bertz CT molecular complexity index is 1580. The van der Waals surface area contributed by atoms with Crippen molar-refractivity contribution in [1.29, 1.82) is 0 Å². The van der Waals surface area contributed by atoms with Gasteiger partial charge in [0.15, 0.2) is 0 Å². The summed E-state index contributed by atoms with van der Waals surface area (Å²) in [5.74, 6) is 0.901. The van der Waals surface area contributed by atoms with E-state index in [4.69, 9.17) is 9.47 Å². The fraction of sp³-hybridized carbons (Fsp3) is 0.333. The maximum atomic E-state index is 13.8. The Labute approximate surface area is 277 Å². The minimum Gasteiger partial charge on any atom is -0.492 e. The molecule has 4 aromatic carbocycles. The number of hydrogen-bond acceptors (Lipinski definition) is 5. The zero-order valence-corrected chi connectivity index (χ0v) is 26.9. The van der Waals surface area contributed by atoms with Gasteiger partial charge in [-0.2, -0.15) is 0 Å². The van der Waals surface area contributed by atoms with Crippen LogP contribution in [0.1, 0.15) is 36.0 Å². The molecule has 244 valence electrons. The lowest BCUT2D eigenvalue weighted by molar-refractivity contribution is 0.0322. The quantitative estimate of drug-likeness (QED) is 0.185. The SMILES string of the molecule is O=C(NC1CCCC(CN(C(=O)Nc2ccccc2)c2cccc(OCCN3CCOCC3)c2)C1)c1ccc(-c2ccccc2)cc1. The summed E-state index contributed by atoms with van der Waals surface area (Å²) in [5.41, 5.74) is 4.39. The van der Waals surface area contributed by atoms with Crippen LogP contribution < -0.4 is 20.3 Å². The zero-order valence-electron chi connectivity index (χ0n) is 26.9. The Morgan fingerprint density at radius 2 is 1.55 bits per heavy atom. The Kier molecular flexibility index (Phi) is 11.2. The molecule has 2 atom stereocenters. The van der Waals surface area contributed by atoms with Gasteiger partial charge in [-0.1, -0.05) is 73.2 Å². The molecule has 2 N–H and O–H groups in total. The van der Waals surface area contributed by atoms with Gasteiger partial charge >= 0.3 is 6.03 Å². The minimum absolute atomic E-state index is 0.0453. The number of benzene rings is 4. The molecule has 0 radical (unpaired) electrons. The highest BCUT2D eigenvalue weighted by Crippen LogP contribution is 2.30. The molecule has 1 heterocycles. The summed E-state index contributed by atoms with van der Waals surface area (Å²) in [7, 11) is 0. The smallest absolute Gasteiger partial charge is 0.326 e. The number of urea groups is 1. The number of rotatable bonds is 11. The van der Waals surface area contributed by atoms with Crippen molar-refractivity contribution in [3.8, 4) is 16.9 Å². The molecule has 6 rings (SSSR count). The van der Waals surface area contributed by atoms with E-state index >= 15 is 0 Å². The largest absolute Gasteiger partial charge is 0.492 e. The highest BCUT2D eigenvalue weighted by molar-refractivity contribution is 6.02. The zero-order chi connectivity index (χ0) is 32.3. The summed E-state index contributed by atoms with van der Waals surface area (Å²) in [4.78, 5) is 31.2. The molecule has 2 fully saturated rings. The lowest BCUT2D eigenvalue weighted by atomic mass is 9.85. The third-order valence-corrected chi connectivity index (χ3v) is 8.99. The summed E-state index contributed by atoms with van der Waals surface area (Å²) >= 11 is 0. The van der Waals surface area contributed by atoms with Crippen molar-refractivity contribution in [3.63, 3.8) is 0 Å². The predicted molar refractivity (Wildman–Crippen MR) is 187 cm³/mol. The summed E-state index contributed by atoms with van der Waals surface area (Å²) in [6, 6.07) is 35.1. The Balaban J connectivity index is 1.10. The van der Waals surface area contributed by atoms with Gasteiger partial charge in [0, 0.05) is 55.2 Å². The van der Waals surface area contributed by atoms with E-state index in [9.17, 15) is 9.59 Å². The number of nitrogens with one attached hydrogen (secondary N) is 2. The van der Waals surface area contributed by atoms with Crippen LogP contribution in [0, 0.1) is 5.92 Å². The van der Waals surface area contributed by atoms with Crippen molar-refractivity contribution < 1.29 is 19.1 Å². The number of carbonyl (C=O) groups is 2. The van der Waals surface area contributed by atoms with Gasteiger partial charge in [-0.25, -0.2) is 4.79 Å². The van der Waals surface area contributed by atoms with Crippen molar-refractivity contribution in [3.05, 3.63) is 115 Å². The molecular formula is C39H44N4O4. The van der Waals surface area contributed by atoms with Crippen molar-refractivity contribution in [2.45, 2.75) is 31.7 Å². The monoisotopic (exact) mass is 632 g/mol. The normalized spacial score (nSPS) is 18.2. The molecule has 1 aliphatic heterocycles. The third-order valence-electron chi connectivity index (χ3n) is 8.99. The average molecular weight is 633 g/mol. The van der Waals surface area contributed by atoms with Crippen LogP contribution in [0.4, 0.5) is 16.2 Å². The van der Waals surface area contributed by atoms with Crippen LogP contribution in [0.15, 0.2) is 109 Å². The summed E-state index contributed by atoms with van der Waals surface area (Å²) in [6.45, 7) is 5.29. The second-order valence-electron chi connectivity index (χ2n) is 12.4. The van der Waals surface area contributed by atoms with Crippen molar-refractivity contribution in [2.75, 3.05) is 56.2 Å². The second kappa shape index (κ2) is 16.3.